The summed E-state index contributed by atoms with van der Waals surface area (Å²) in [7, 11) is 0. The number of carbonyl (C=O) groups is 2. The molecule has 3 rings (SSSR count). The van der Waals surface area contributed by atoms with Gasteiger partial charge in [0, 0.05) is 30.3 Å². The van der Waals surface area contributed by atoms with Gasteiger partial charge in [0.2, 0.25) is 5.91 Å². The third-order valence-electron chi connectivity index (χ3n) is 3.95. The fraction of sp³-hybridized carbons (Fsp3) is 0.500. The number of fused-ring (bicyclic) bond motifs is 1. The van der Waals surface area contributed by atoms with Crippen molar-refractivity contribution in [1.82, 2.24) is 20.4 Å². The van der Waals surface area contributed by atoms with Crippen LogP contribution >= 0.6 is 0 Å². The Morgan fingerprint density at radius 3 is 2.48 bits per heavy atom. The lowest BCUT2D eigenvalue weighted by Gasteiger charge is -2.10. The van der Waals surface area contributed by atoms with Gasteiger partial charge in [-0.2, -0.15) is 23.4 Å². The Hall–Kier alpha value is -2.85. The predicted octanol–water partition coefficient (Wildman–Crippen LogP) is 2.52. The molecule has 0 saturated carbocycles. The van der Waals surface area contributed by atoms with Gasteiger partial charge >= 0.3 is 12.1 Å². The minimum absolute atomic E-state index is 0.0240. The molecule has 2 heterocycles. The van der Waals surface area contributed by atoms with E-state index in [0.29, 0.717) is 18.7 Å². The predicted molar refractivity (Wildman–Crippen MR) is 89.2 cm³/mol. The van der Waals surface area contributed by atoms with E-state index in [4.69, 9.17) is 9.90 Å². The summed E-state index contributed by atoms with van der Waals surface area (Å²) in [4.78, 5) is 20.8. The Labute approximate surface area is 152 Å². The zero-order valence-electron chi connectivity index (χ0n) is 14.6. The monoisotopic (exact) mass is 387 g/mol. The van der Waals surface area contributed by atoms with Crippen LogP contribution in [0.5, 0.6) is 0 Å². The average Bonchev–Trinajstić information content (AvgIpc) is 3.19. The van der Waals surface area contributed by atoms with Crippen LogP contribution < -0.4 is 5.32 Å². The van der Waals surface area contributed by atoms with E-state index in [2.05, 4.69) is 25.7 Å². The normalized spacial score (nSPS) is 13.3. The van der Waals surface area contributed by atoms with Crippen LogP contribution in [0.4, 0.5) is 19.0 Å². The summed E-state index contributed by atoms with van der Waals surface area (Å²) in [5.41, 5.74) is 4.57. The highest BCUT2D eigenvalue weighted by Crippen LogP contribution is 2.23. The highest BCUT2D eigenvalue weighted by atomic mass is 19.4. The first kappa shape index (κ1) is 20.5. The van der Waals surface area contributed by atoms with Crippen molar-refractivity contribution >= 4 is 17.7 Å². The van der Waals surface area contributed by atoms with Crippen LogP contribution in [0.15, 0.2) is 6.07 Å². The summed E-state index contributed by atoms with van der Waals surface area (Å²) in [6.07, 6.45) is 0.651. The number of amides is 1. The number of halogens is 3. The maximum Gasteiger partial charge on any atom is 0.490 e. The van der Waals surface area contributed by atoms with Crippen molar-refractivity contribution in [2.75, 3.05) is 5.32 Å². The molecule has 148 valence electrons. The first-order chi connectivity index (χ1) is 12.7. The third-order valence-corrected chi connectivity index (χ3v) is 3.95. The number of aryl methyl sites for hydroxylation is 3. The number of aromatic amines is 2. The molecule has 1 amide bonds. The third kappa shape index (κ3) is 6.12. The Kier molecular flexibility index (Phi) is 6.59. The molecule has 2 aromatic rings. The average molecular weight is 387 g/mol. The van der Waals surface area contributed by atoms with Crippen LogP contribution in [0.2, 0.25) is 0 Å². The van der Waals surface area contributed by atoms with Crippen LogP contribution in [0.1, 0.15) is 41.9 Å². The number of carboxylic acids is 1. The van der Waals surface area contributed by atoms with Gasteiger partial charge in [-0.05, 0) is 38.2 Å². The lowest BCUT2D eigenvalue weighted by atomic mass is 9.95. The van der Waals surface area contributed by atoms with Crippen molar-refractivity contribution in [3.63, 3.8) is 0 Å². The van der Waals surface area contributed by atoms with Crippen molar-refractivity contribution in [3.05, 3.63) is 28.7 Å². The van der Waals surface area contributed by atoms with E-state index in [0.717, 1.165) is 24.2 Å². The Balaban J connectivity index is 0.000000321. The Morgan fingerprint density at radius 2 is 1.89 bits per heavy atom. The number of alkyl halides is 3. The van der Waals surface area contributed by atoms with Gasteiger partial charge < -0.3 is 10.4 Å². The molecule has 0 aliphatic heterocycles. The molecule has 11 heteroatoms. The number of hydrogen-bond acceptors (Lipinski definition) is 4. The number of rotatable bonds is 4. The van der Waals surface area contributed by atoms with E-state index in [1.165, 1.54) is 24.1 Å². The molecule has 0 saturated heterocycles. The molecule has 0 unspecified atom stereocenters. The number of hydrogen-bond donors (Lipinski definition) is 4. The fourth-order valence-electron chi connectivity index (χ4n) is 2.68. The number of carbonyl (C=O) groups excluding carboxylic acids is 1. The molecule has 1 aliphatic carbocycles. The molecule has 0 fully saturated rings. The van der Waals surface area contributed by atoms with E-state index >= 15 is 0 Å². The summed E-state index contributed by atoms with van der Waals surface area (Å²) >= 11 is 0. The van der Waals surface area contributed by atoms with Crippen LogP contribution in [0, 0.1) is 6.92 Å². The van der Waals surface area contributed by atoms with Crippen LogP contribution in [-0.2, 0) is 28.9 Å². The van der Waals surface area contributed by atoms with E-state index in [-0.39, 0.29) is 5.91 Å². The molecule has 4 N–H and O–H groups in total. The van der Waals surface area contributed by atoms with Crippen molar-refractivity contribution in [3.8, 4) is 0 Å². The molecule has 8 nitrogen and oxygen atoms in total. The SMILES string of the molecule is Cc1cc(NC(=O)CCc2n[nH]c3c2CCCC3)n[nH]1.O=C(O)C(F)(F)F. The number of aliphatic carboxylic acids is 1. The van der Waals surface area contributed by atoms with E-state index in [1.807, 2.05) is 13.0 Å². The maximum atomic E-state index is 11.9. The molecule has 0 bridgehead atoms. The van der Waals surface area contributed by atoms with Crippen molar-refractivity contribution in [1.29, 1.82) is 0 Å². The topological polar surface area (TPSA) is 124 Å². The number of nitrogens with zero attached hydrogens (tertiary/aromatic N) is 2. The highest BCUT2D eigenvalue weighted by Gasteiger charge is 2.38. The quantitative estimate of drug-likeness (QED) is 0.642. The fourth-order valence-corrected chi connectivity index (χ4v) is 2.68. The van der Waals surface area contributed by atoms with Gasteiger partial charge in [-0.3, -0.25) is 15.0 Å². The van der Waals surface area contributed by atoms with Gasteiger partial charge in [-0.25, -0.2) is 4.79 Å². The largest absolute Gasteiger partial charge is 0.490 e. The highest BCUT2D eigenvalue weighted by molar-refractivity contribution is 5.89. The molecular weight excluding hydrogens is 367 g/mol. The summed E-state index contributed by atoms with van der Waals surface area (Å²) in [6, 6.07) is 1.81. The summed E-state index contributed by atoms with van der Waals surface area (Å²) in [5, 5.41) is 24.2. The first-order valence-electron chi connectivity index (χ1n) is 8.33. The molecule has 27 heavy (non-hydrogen) atoms. The molecule has 2 aromatic heterocycles. The smallest absolute Gasteiger partial charge is 0.475 e. The van der Waals surface area contributed by atoms with Gasteiger partial charge in [0.05, 0.1) is 5.69 Å². The van der Waals surface area contributed by atoms with E-state index < -0.39 is 12.1 Å². The minimum Gasteiger partial charge on any atom is -0.475 e. The summed E-state index contributed by atoms with van der Waals surface area (Å²) in [6.45, 7) is 1.90. The van der Waals surface area contributed by atoms with Gasteiger partial charge in [-0.1, -0.05) is 0 Å². The second kappa shape index (κ2) is 8.69. The lowest BCUT2D eigenvalue weighted by molar-refractivity contribution is -0.192. The van der Waals surface area contributed by atoms with E-state index in [9.17, 15) is 18.0 Å². The Bertz CT molecular complexity index is 798. The molecule has 0 atom stereocenters. The van der Waals surface area contributed by atoms with Crippen LogP contribution in [0.25, 0.3) is 0 Å². The zero-order chi connectivity index (χ0) is 20.0. The minimum atomic E-state index is -5.08. The molecule has 0 aromatic carbocycles. The molecule has 1 aliphatic rings. The van der Waals surface area contributed by atoms with Crippen molar-refractivity contribution in [2.45, 2.75) is 51.6 Å². The van der Waals surface area contributed by atoms with Crippen LogP contribution in [0.3, 0.4) is 0 Å². The standard InChI is InChI=1S/C14H19N5O.C2HF3O2/c1-9-8-13(19-16-9)15-14(20)7-6-12-10-4-2-3-5-11(10)17-18-12;3-2(4,5)1(6)7/h8H,2-7H2,1H3,(H,17,18)(H2,15,16,19,20);(H,6,7). The second-order valence-corrected chi connectivity index (χ2v) is 6.12. The maximum absolute atomic E-state index is 11.9. The number of H-pyrrole nitrogens is 2. The molecule has 0 radical (unpaired) electrons. The lowest BCUT2D eigenvalue weighted by Crippen LogP contribution is -2.21. The zero-order valence-corrected chi connectivity index (χ0v) is 14.6. The number of nitrogens with one attached hydrogen (secondary N) is 3. The Morgan fingerprint density at radius 1 is 1.22 bits per heavy atom. The van der Waals surface area contributed by atoms with E-state index in [1.54, 1.807) is 0 Å². The number of carboxylic acid groups (broad SMARTS) is 1. The summed E-state index contributed by atoms with van der Waals surface area (Å²) < 4.78 is 31.7. The van der Waals surface area contributed by atoms with Crippen molar-refractivity contribution < 1.29 is 27.9 Å². The van der Waals surface area contributed by atoms with Gasteiger partial charge in [0.25, 0.3) is 0 Å². The number of anilines is 1. The van der Waals surface area contributed by atoms with Crippen LogP contribution in [-0.4, -0.2) is 43.6 Å². The van der Waals surface area contributed by atoms with Gasteiger partial charge in [0.1, 0.15) is 0 Å². The second-order valence-electron chi connectivity index (χ2n) is 6.12. The van der Waals surface area contributed by atoms with Crippen molar-refractivity contribution in [2.24, 2.45) is 0 Å². The first-order valence-corrected chi connectivity index (χ1v) is 8.33. The number of aromatic nitrogens is 4. The molecular formula is C16H20F3N5O3. The summed E-state index contributed by atoms with van der Waals surface area (Å²) in [5.74, 6) is -2.20. The van der Waals surface area contributed by atoms with Gasteiger partial charge in [-0.15, -0.1) is 0 Å². The molecule has 0 spiro atoms. The van der Waals surface area contributed by atoms with Gasteiger partial charge in [0.15, 0.2) is 5.82 Å².